The summed E-state index contributed by atoms with van der Waals surface area (Å²) in [5, 5.41) is 3.74. The minimum Gasteiger partial charge on any atom is -0.386 e. The summed E-state index contributed by atoms with van der Waals surface area (Å²) in [6, 6.07) is 2.23. The number of fused-ring (bicyclic) bond motifs is 1. The van der Waals surface area contributed by atoms with E-state index in [9.17, 15) is 8.78 Å². The molecule has 1 aliphatic heterocycles. The van der Waals surface area contributed by atoms with Gasteiger partial charge in [-0.15, -0.1) is 0 Å². The van der Waals surface area contributed by atoms with Gasteiger partial charge in [-0.05, 0) is 6.07 Å². The molecule has 3 rings (SSSR count). The lowest BCUT2D eigenvalue weighted by molar-refractivity contribution is 0.122. The van der Waals surface area contributed by atoms with Gasteiger partial charge in [0.2, 0.25) is 0 Å². The summed E-state index contributed by atoms with van der Waals surface area (Å²) in [6.45, 7) is 2.52. The molecule has 1 saturated heterocycles. The van der Waals surface area contributed by atoms with Crippen LogP contribution in [0.15, 0.2) is 18.3 Å². The van der Waals surface area contributed by atoms with Gasteiger partial charge in [0, 0.05) is 37.0 Å². The number of anilines is 2. The maximum absolute atomic E-state index is 14.1. The van der Waals surface area contributed by atoms with Crippen LogP contribution in [0.5, 0.6) is 0 Å². The van der Waals surface area contributed by atoms with E-state index in [1.54, 1.807) is 13.2 Å². The molecule has 0 spiro atoms. The number of rotatable bonds is 2. The summed E-state index contributed by atoms with van der Waals surface area (Å²) in [7, 11) is 1.69. The Morgan fingerprint density at radius 1 is 1.25 bits per heavy atom. The third kappa shape index (κ3) is 2.16. The Bertz CT molecular complexity index is 642. The Kier molecular flexibility index (Phi) is 3.40. The third-order valence-corrected chi connectivity index (χ3v) is 3.46. The van der Waals surface area contributed by atoms with Crippen molar-refractivity contribution < 1.29 is 13.5 Å². The molecule has 1 fully saturated rings. The van der Waals surface area contributed by atoms with Crippen molar-refractivity contribution in [1.82, 2.24) is 4.98 Å². The molecule has 0 aliphatic carbocycles. The third-order valence-electron chi connectivity index (χ3n) is 3.46. The topological polar surface area (TPSA) is 37.4 Å². The van der Waals surface area contributed by atoms with Crippen LogP contribution >= 0.6 is 0 Å². The van der Waals surface area contributed by atoms with E-state index in [0.717, 1.165) is 6.07 Å². The van der Waals surface area contributed by atoms with Crippen molar-refractivity contribution in [1.29, 1.82) is 0 Å². The van der Waals surface area contributed by atoms with E-state index in [1.807, 2.05) is 4.90 Å². The molecule has 4 nitrogen and oxygen atoms in total. The van der Waals surface area contributed by atoms with Crippen LogP contribution in [-0.2, 0) is 4.74 Å². The first kappa shape index (κ1) is 13.1. The van der Waals surface area contributed by atoms with Gasteiger partial charge in [-0.3, -0.25) is 0 Å². The van der Waals surface area contributed by atoms with Crippen LogP contribution in [0.4, 0.5) is 20.3 Å². The molecule has 106 valence electrons. The Balaban J connectivity index is 2.22. The normalized spacial score (nSPS) is 15.7. The van der Waals surface area contributed by atoms with Gasteiger partial charge >= 0.3 is 0 Å². The lowest BCUT2D eigenvalue weighted by Gasteiger charge is -2.29. The number of hydrogen-bond acceptors (Lipinski definition) is 4. The largest absolute Gasteiger partial charge is 0.386 e. The second kappa shape index (κ2) is 5.20. The van der Waals surface area contributed by atoms with Crippen LogP contribution in [0.2, 0.25) is 0 Å². The number of halogens is 2. The van der Waals surface area contributed by atoms with Crippen LogP contribution in [0, 0.1) is 11.6 Å². The first-order chi connectivity index (χ1) is 9.70. The summed E-state index contributed by atoms with van der Waals surface area (Å²) in [6.07, 6.45) is 1.58. The monoisotopic (exact) mass is 279 g/mol. The molecule has 0 atom stereocenters. The van der Waals surface area contributed by atoms with Crippen molar-refractivity contribution in [2.45, 2.75) is 0 Å². The summed E-state index contributed by atoms with van der Waals surface area (Å²) in [5.41, 5.74) is 0.550. The summed E-state index contributed by atoms with van der Waals surface area (Å²) in [5.74, 6) is -0.582. The van der Waals surface area contributed by atoms with Gasteiger partial charge in [0.25, 0.3) is 0 Å². The van der Waals surface area contributed by atoms with Crippen molar-refractivity contribution in [3.05, 3.63) is 30.0 Å². The molecule has 0 radical (unpaired) electrons. The number of pyridine rings is 1. The van der Waals surface area contributed by atoms with Crippen LogP contribution < -0.4 is 10.2 Å². The number of aromatic nitrogens is 1. The highest BCUT2D eigenvalue weighted by atomic mass is 19.1. The number of benzene rings is 1. The van der Waals surface area contributed by atoms with Gasteiger partial charge in [0.05, 0.1) is 25.1 Å². The van der Waals surface area contributed by atoms with E-state index in [0.29, 0.717) is 48.6 Å². The van der Waals surface area contributed by atoms with Crippen molar-refractivity contribution in [2.75, 3.05) is 43.6 Å². The lowest BCUT2D eigenvalue weighted by atomic mass is 10.1. The maximum atomic E-state index is 14.1. The SMILES string of the molecule is CNc1cnc(N2CCOCC2)c2cc(F)cc(F)c12. The van der Waals surface area contributed by atoms with Crippen LogP contribution in [0.1, 0.15) is 0 Å². The zero-order valence-corrected chi connectivity index (χ0v) is 11.1. The van der Waals surface area contributed by atoms with E-state index >= 15 is 0 Å². The van der Waals surface area contributed by atoms with Gasteiger partial charge < -0.3 is 15.0 Å². The van der Waals surface area contributed by atoms with Gasteiger partial charge in [-0.2, -0.15) is 0 Å². The standard InChI is InChI=1S/C14H15F2N3O/c1-17-12-8-18-14(19-2-4-20-5-3-19)10-6-9(15)7-11(16)13(10)12/h6-8,17H,2-5H2,1H3. The smallest absolute Gasteiger partial charge is 0.136 e. The average molecular weight is 279 g/mol. The molecule has 20 heavy (non-hydrogen) atoms. The first-order valence-electron chi connectivity index (χ1n) is 6.49. The van der Waals surface area contributed by atoms with E-state index in [1.165, 1.54) is 6.07 Å². The molecule has 0 unspecified atom stereocenters. The van der Waals surface area contributed by atoms with Gasteiger partial charge in [-0.25, -0.2) is 13.8 Å². The maximum Gasteiger partial charge on any atom is 0.136 e. The van der Waals surface area contributed by atoms with Crippen LogP contribution in [0.3, 0.4) is 0 Å². The van der Waals surface area contributed by atoms with Crippen LogP contribution in [-0.4, -0.2) is 38.3 Å². The Morgan fingerprint density at radius 3 is 2.70 bits per heavy atom. The highest BCUT2D eigenvalue weighted by Gasteiger charge is 2.19. The fourth-order valence-electron chi connectivity index (χ4n) is 2.50. The Hall–Kier alpha value is -1.95. The molecule has 2 heterocycles. The molecule has 1 aromatic heterocycles. The highest BCUT2D eigenvalue weighted by molar-refractivity contribution is 6.00. The van der Waals surface area contributed by atoms with E-state index < -0.39 is 11.6 Å². The molecular weight excluding hydrogens is 264 g/mol. The van der Waals surface area contributed by atoms with Gasteiger partial charge in [0.15, 0.2) is 0 Å². The molecule has 0 amide bonds. The van der Waals surface area contributed by atoms with Crippen molar-refractivity contribution in [3.8, 4) is 0 Å². The lowest BCUT2D eigenvalue weighted by Crippen LogP contribution is -2.36. The summed E-state index contributed by atoms with van der Waals surface area (Å²) in [4.78, 5) is 6.35. The van der Waals surface area contributed by atoms with Crippen molar-refractivity contribution in [3.63, 3.8) is 0 Å². The predicted molar refractivity (Wildman–Crippen MR) is 74.2 cm³/mol. The molecule has 0 bridgehead atoms. The average Bonchev–Trinajstić information content (AvgIpc) is 2.46. The molecular formula is C14H15F2N3O. The molecule has 6 heteroatoms. The van der Waals surface area contributed by atoms with Crippen molar-refractivity contribution in [2.24, 2.45) is 0 Å². The number of ether oxygens (including phenoxy) is 1. The summed E-state index contributed by atoms with van der Waals surface area (Å²) >= 11 is 0. The van der Waals surface area contributed by atoms with E-state index in [-0.39, 0.29) is 0 Å². The minimum absolute atomic E-state index is 0.366. The van der Waals surface area contributed by atoms with Crippen molar-refractivity contribution >= 4 is 22.3 Å². The quantitative estimate of drug-likeness (QED) is 0.916. The molecule has 1 N–H and O–H groups in total. The minimum atomic E-state index is -0.598. The Morgan fingerprint density at radius 2 is 2.00 bits per heavy atom. The molecule has 0 saturated carbocycles. The second-order valence-electron chi connectivity index (χ2n) is 4.66. The first-order valence-corrected chi connectivity index (χ1v) is 6.49. The zero-order valence-electron chi connectivity index (χ0n) is 11.1. The molecule has 1 aromatic carbocycles. The summed E-state index contributed by atoms with van der Waals surface area (Å²) < 4.78 is 32.9. The fraction of sp³-hybridized carbons (Fsp3) is 0.357. The van der Waals surface area contributed by atoms with Gasteiger partial charge in [-0.1, -0.05) is 0 Å². The predicted octanol–water partition coefficient (Wildman–Crippen LogP) is 2.39. The second-order valence-corrected chi connectivity index (χ2v) is 4.66. The molecule has 1 aliphatic rings. The zero-order chi connectivity index (χ0) is 14.1. The number of hydrogen-bond donors (Lipinski definition) is 1. The number of morpholine rings is 1. The number of nitrogens with zero attached hydrogens (tertiary/aromatic N) is 2. The van der Waals surface area contributed by atoms with E-state index in [2.05, 4.69) is 10.3 Å². The fourth-order valence-corrected chi connectivity index (χ4v) is 2.50. The highest BCUT2D eigenvalue weighted by Crippen LogP contribution is 2.33. The molecule has 2 aromatic rings. The number of nitrogens with one attached hydrogen (secondary N) is 1. The van der Waals surface area contributed by atoms with E-state index in [4.69, 9.17) is 4.74 Å². The Labute approximate surface area is 115 Å². The van der Waals surface area contributed by atoms with Crippen LogP contribution in [0.25, 0.3) is 10.8 Å². The van der Waals surface area contributed by atoms with Gasteiger partial charge in [0.1, 0.15) is 17.5 Å².